The Morgan fingerprint density at radius 3 is 2.50 bits per heavy atom. The Balaban J connectivity index is 1.66. The Kier molecular flexibility index (Phi) is 5.85. The summed E-state index contributed by atoms with van der Waals surface area (Å²) in [5, 5.41) is 5.67. The quantitative estimate of drug-likeness (QED) is 0.494. The van der Waals surface area contributed by atoms with Gasteiger partial charge in [-0.25, -0.2) is 4.68 Å². The largest absolute Gasteiger partial charge is 0.378 e. The molecule has 0 atom stereocenters. The summed E-state index contributed by atoms with van der Waals surface area (Å²) in [4.78, 5) is 46.4. The zero-order chi connectivity index (χ0) is 23.7. The average Bonchev–Trinajstić information content (AvgIpc) is 3.27. The molecule has 1 saturated heterocycles. The highest BCUT2D eigenvalue weighted by Crippen LogP contribution is 2.27. The number of carbonyl (C=O) groups is 2. The Morgan fingerprint density at radius 2 is 1.76 bits per heavy atom. The van der Waals surface area contributed by atoms with Gasteiger partial charge in [-0.2, -0.15) is 5.10 Å². The molecular formula is C25H25N5O4. The van der Waals surface area contributed by atoms with Crippen LogP contribution in [0.5, 0.6) is 0 Å². The highest BCUT2D eigenvalue weighted by molar-refractivity contribution is 6.19. The van der Waals surface area contributed by atoms with Gasteiger partial charge in [-0.15, -0.1) is 0 Å². The molecule has 0 spiro atoms. The van der Waals surface area contributed by atoms with E-state index < -0.39 is 5.56 Å². The number of para-hydroxylation sites is 2. The minimum Gasteiger partial charge on any atom is -0.378 e. The first-order chi connectivity index (χ1) is 16.6. The van der Waals surface area contributed by atoms with Crippen LogP contribution in [0, 0.1) is 0 Å². The van der Waals surface area contributed by atoms with Crippen LogP contribution in [0.2, 0.25) is 0 Å². The summed E-state index contributed by atoms with van der Waals surface area (Å²) in [6.07, 6.45) is 0. The van der Waals surface area contributed by atoms with Gasteiger partial charge in [0.25, 0.3) is 11.5 Å². The number of aromatic nitrogens is 3. The molecule has 2 aromatic heterocycles. The van der Waals surface area contributed by atoms with E-state index in [0.717, 1.165) is 21.3 Å². The van der Waals surface area contributed by atoms with Crippen LogP contribution in [-0.4, -0.2) is 64.3 Å². The van der Waals surface area contributed by atoms with Crippen LogP contribution in [0.15, 0.2) is 59.4 Å². The molecule has 0 unspecified atom stereocenters. The number of morpholine rings is 1. The molecule has 0 radical (unpaired) electrons. The molecule has 2 aromatic carbocycles. The second-order valence-corrected chi connectivity index (χ2v) is 8.11. The van der Waals surface area contributed by atoms with Crippen molar-refractivity contribution in [3.05, 3.63) is 70.6 Å². The van der Waals surface area contributed by atoms with Gasteiger partial charge in [0.2, 0.25) is 5.91 Å². The van der Waals surface area contributed by atoms with Crippen molar-refractivity contribution in [3.63, 3.8) is 0 Å². The fourth-order valence-electron chi connectivity index (χ4n) is 4.37. The van der Waals surface area contributed by atoms with E-state index in [1.54, 1.807) is 9.80 Å². The molecular weight excluding hydrogens is 434 g/mol. The second-order valence-electron chi connectivity index (χ2n) is 8.11. The Morgan fingerprint density at radius 1 is 1.06 bits per heavy atom. The van der Waals surface area contributed by atoms with Crippen LogP contribution in [0.25, 0.3) is 21.8 Å². The van der Waals surface area contributed by atoms with Crippen LogP contribution >= 0.6 is 0 Å². The fraction of sp³-hybridized carbons (Fsp3) is 0.280. The third-order valence-corrected chi connectivity index (χ3v) is 6.09. The molecule has 3 heterocycles. The first kappa shape index (κ1) is 21.8. The molecule has 0 aliphatic carbocycles. The second kappa shape index (κ2) is 9.11. The molecule has 1 aliphatic rings. The van der Waals surface area contributed by atoms with Gasteiger partial charge in [0, 0.05) is 41.6 Å². The summed E-state index contributed by atoms with van der Waals surface area (Å²) >= 11 is 0. The highest BCUT2D eigenvalue weighted by Gasteiger charge is 2.26. The lowest BCUT2D eigenvalue weighted by molar-refractivity contribution is -0.136. The van der Waals surface area contributed by atoms with Gasteiger partial charge in [0.1, 0.15) is 12.1 Å². The molecule has 1 N–H and O–H groups in total. The maximum Gasteiger partial charge on any atom is 0.291 e. The number of fused-ring (bicyclic) bond motifs is 3. The number of nitrogens with one attached hydrogen (secondary N) is 1. The molecule has 5 rings (SSSR count). The number of amides is 2. The number of carbonyl (C=O) groups excluding carboxylic acids is 2. The van der Waals surface area contributed by atoms with Gasteiger partial charge < -0.3 is 19.5 Å². The number of H-pyrrole nitrogens is 1. The lowest BCUT2D eigenvalue weighted by Crippen LogP contribution is -2.44. The van der Waals surface area contributed by atoms with Crippen LogP contribution in [0.1, 0.15) is 17.4 Å². The van der Waals surface area contributed by atoms with Crippen LogP contribution in [-0.2, 0) is 16.1 Å². The summed E-state index contributed by atoms with van der Waals surface area (Å²) in [5.74, 6) is -0.571. The van der Waals surface area contributed by atoms with E-state index >= 15 is 0 Å². The smallest absolute Gasteiger partial charge is 0.291 e. The molecule has 174 valence electrons. The van der Waals surface area contributed by atoms with Crippen molar-refractivity contribution >= 4 is 39.3 Å². The zero-order valence-corrected chi connectivity index (χ0v) is 18.9. The summed E-state index contributed by atoms with van der Waals surface area (Å²) in [6.45, 7) is 3.90. The molecule has 9 nitrogen and oxygen atoms in total. The number of nitrogens with zero attached hydrogens (tertiary/aromatic N) is 4. The first-order valence-electron chi connectivity index (χ1n) is 11.3. The maximum atomic E-state index is 13.8. The van der Waals surface area contributed by atoms with Gasteiger partial charge >= 0.3 is 0 Å². The molecule has 2 amide bonds. The Bertz CT molecular complexity index is 1420. The zero-order valence-electron chi connectivity index (χ0n) is 18.9. The Labute approximate surface area is 195 Å². The van der Waals surface area contributed by atoms with E-state index in [2.05, 4.69) is 10.1 Å². The van der Waals surface area contributed by atoms with Crippen molar-refractivity contribution in [3.8, 4) is 0 Å². The van der Waals surface area contributed by atoms with Gasteiger partial charge in [-0.3, -0.25) is 14.4 Å². The standard InChI is InChI=1S/C25H25N5O4/c1-2-29(17-8-4-3-5-9-17)24(32)23-21-18-10-6-7-11-19(18)26-22(21)25(33)30(27-23)16-20(31)28-12-14-34-15-13-28/h3-11,26H,2,12-16H2,1H3. The number of ether oxygens (including phenoxy) is 1. The SMILES string of the molecule is CCN(C(=O)c1nn(CC(=O)N2CCOCC2)c(=O)c2[nH]c3ccccc3c12)c1ccccc1. The third-order valence-electron chi connectivity index (χ3n) is 6.09. The molecule has 0 saturated carbocycles. The number of benzene rings is 2. The van der Waals surface area contributed by atoms with Crippen LogP contribution in [0.3, 0.4) is 0 Å². The summed E-state index contributed by atoms with van der Waals surface area (Å²) < 4.78 is 6.41. The first-order valence-corrected chi connectivity index (χ1v) is 11.3. The van der Waals surface area contributed by atoms with Crippen molar-refractivity contribution in [2.24, 2.45) is 0 Å². The Hall–Kier alpha value is -3.98. The molecule has 1 aliphatic heterocycles. The topological polar surface area (TPSA) is 101 Å². The number of rotatable bonds is 5. The van der Waals surface area contributed by atoms with Gasteiger partial charge in [0.05, 0.1) is 13.2 Å². The number of aromatic amines is 1. The van der Waals surface area contributed by atoms with Crippen LogP contribution in [0.4, 0.5) is 5.69 Å². The molecule has 0 bridgehead atoms. The van der Waals surface area contributed by atoms with E-state index in [4.69, 9.17) is 4.74 Å². The fourth-order valence-corrected chi connectivity index (χ4v) is 4.37. The molecule has 9 heteroatoms. The van der Waals surface area contributed by atoms with E-state index in [1.807, 2.05) is 61.5 Å². The van der Waals surface area contributed by atoms with E-state index in [0.29, 0.717) is 38.2 Å². The summed E-state index contributed by atoms with van der Waals surface area (Å²) in [7, 11) is 0. The van der Waals surface area contributed by atoms with Crippen molar-refractivity contribution < 1.29 is 14.3 Å². The van der Waals surface area contributed by atoms with Crippen molar-refractivity contribution in [1.29, 1.82) is 0 Å². The van der Waals surface area contributed by atoms with Gasteiger partial charge in [0.15, 0.2) is 5.69 Å². The lowest BCUT2D eigenvalue weighted by atomic mass is 10.1. The molecule has 4 aromatic rings. The minimum atomic E-state index is -0.438. The van der Waals surface area contributed by atoms with E-state index in [1.165, 1.54) is 0 Å². The van der Waals surface area contributed by atoms with E-state index in [9.17, 15) is 14.4 Å². The third kappa shape index (κ3) is 3.84. The maximum absolute atomic E-state index is 13.8. The number of anilines is 1. The summed E-state index contributed by atoms with van der Waals surface area (Å²) in [6, 6.07) is 16.7. The predicted molar refractivity (Wildman–Crippen MR) is 129 cm³/mol. The normalized spacial score (nSPS) is 14.0. The average molecular weight is 460 g/mol. The highest BCUT2D eigenvalue weighted by atomic mass is 16.5. The van der Waals surface area contributed by atoms with E-state index in [-0.39, 0.29) is 29.6 Å². The molecule has 1 fully saturated rings. The number of hydrogen-bond acceptors (Lipinski definition) is 5. The van der Waals surface area contributed by atoms with Gasteiger partial charge in [-0.1, -0.05) is 36.4 Å². The monoisotopic (exact) mass is 459 g/mol. The van der Waals surface area contributed by atoms with Crippen LogP contribution < -0.4 is 10.5 Å². The van der Waals surface area contributed by atoms with Crippen molar-refractivity contribution in [1.82, 2.24) is 19.7 Å². The van der Waals surface area contributed by atoms with Gasteiger partial charge in [-0.05, 0) is 25.1 Å². The minimum absolute atomic E-state index is 0.132. The van der Waals surface area contributed by atoms with Crippen molar-refractivity contribution in [2.45, 2.75) is 13.5 Å². The lowest BCUT2D eigenvalue weighted by Gasteiger charge is -2.27. The van der Waals surface area contributed by atoms with Crippen molar-refractivity contribution in [2.75, 3.05) is 37.7 Å². The summed E-state index contributed by atoms with van der Waals surface area (Å²) in [5.41, 5.74) is 1.41. The number of hydrogen-bond donors (Lipinski definition) is 1. The predicted octanol–water partition coefficient (Wildman–Crippen LogP) is 2.40. The molecule has 34 heavy (non-hydrogen) atoms.